The minimum atomic E-state index is 0.545. The maximum atomic E-state index is 4.44. The third kappa shape index (κ3) is 4.13. The Hall–Kier alpha value is -1.39. The summed E-state index contributed by atoms with van der Waals surface area (Å²) >= 11 is 0. The van der Waals surface area contributed by atoms with Crippen LogP contribution in [0.3, 0.4) is 0 Å². The number of hydrogen-bond acceptors (Lipinski definition) is 5. The Labute approximate surface area is 109 Å². The van der Waals surface area contributed by atoms with Crippen molar-refractivity contribution in [1.82, 2.24) is 15.2 Å². The lowest BCUT2D eigenvalue weighted by atomic mass is 10.1. The van der Waals surface area contributed by atoms with Crippen molar-refractivity contribution in [2.75, 3.05) is 17.2 Å². The number of rotatable bonds is 5. The van der Waals surface area contributed by atoms with E-state index >= 15 is 0 Å². The monoisotopic (exact) mass is 249 g/mol. The van der Waals surface area contributed by atoms with E-state index in [-0.39, 0.29) is 0 Å². The quantitative estimate of drug-likeness (QED) is 0.786. The van der Waals surface area contributed by atoms with Crippen molar-refractivity contribution in [1.29, 1.82) is 0 Å². The fourth-order valence-corrected chi connectivity index (χ4v) is 2.32. The molecule has 1 fully saturated rings. The lowest BCUT2D eigenvalue weighted by Crippen LogP contribution is -2.20. The van der Waals surface area contributed by atoms with Crippen LogP contribution in [-0.2, 0) is 0 Å². The van der Waals surface area contributed by atoms with Crippen LogP contribution in [0.2, 0.25) is 0 Å². The molecule has 0 saturated heterocycles. The number of anilines is 2. The summed E-state index contributed by atoms with van der Waals surface area (Å²) in [5.41, 5.74) is 0. The molecule has 0 aliphatic heterocycles. The van der Waals surface area contributed by atoms with Crippen LogP contribution in [0, 0.1) is 0 Å². The highest BCUT2D eigenvalue weighted by molar-refractivity contribution is 5.37. The molecule has 0 aromatic carbocycles. The predicted molar refractivity (Wildman–Crippen MR) is 73.7 cm³/mol. The topological polar surface area (TPSA) is 62.7 Å². The van der Waals surface area contributed by atoms with Crippen LogP contribution in [0.5, 0.6) is 0 Å². The lowest BCUT2D eigenvalue weighted by molar-refractivity contribution is 0.616. The first kappa shape index (κ1) is 13.1. The van der Waals surface area contributed by atoms with Crippen molar-refractivity contribution in [3.63, 3.8) is 0 Å². The van der Waals surface area contributed by atoms with Crippen LogP contribution in [0.4, 0.5) is 11.8 Å². The van der Waals surface area contributed by atoms with Gasteiger partial charge in [-0.2, -0.15) is 10.1 Å². The van der Waals surface area contributed by atoms with E-state index < -0.39 is 0 Å². The van der Waals surface area contributed by atoms with Gasteiger partial charge in [-0.05, 0) is 19.3 Å². The van der Waals surface area contributed by atoms with Crippen LogP contribution >= 0.6 is 0 Å². The molecule has 0 bridgehead atoms. The molecule has 18 heavy (non-hydrogen) atoms. The summed E-state index contributed by atoms with van der Waals surface area (Å²) in [6.45, 7) is 3.00. The van der Waals surface area contributed by atoms with Crippen molar-refractivity contribution >= 4 is 11.8 Å². The summed E-state index contributed by atoms with van der Waals surface area (Å²) in [6, 6.07) is 0.545. The summed E-state index contributed by atoms with van der Waals surface area (Å²) in [5, 5.41) is 14.6. The molecule has 1 saturated carbocycles. The van der Waals surface area contributed by atoms with Gasteiger partial charge in [-0.15, -0.1) is 5.10 Å². The van der Waals surface area contributed by atoms with E-state index in [1.54, 1.807) is 6.20 Å². The Kier molecular flexibility index (Phi) is 5.17. The first-order valence-electron chi connectivity index (χ1n) is 7.08. The molecule has 0 amide bonds. The van der Waals surface area contributed by atoms with Crippen molar-refractivity contribution in [3.05, 3.63) is 6.20 Å². The van der Waals surface area contributed by atoms with E-state index in [0.29, 0.717) is 12.0 Å². The van der Waals surface area contributed by atoms with Gasteiger partial charge in [0.25, 0.3) is 0 Å². The largest absolute Gasteiger partial charge is 0.366 e. The van der Waals surface area contributed by atoms with Gasteiger partial charge in [0.1, 0.15) is 0 Å². The molecule has 5 heteroatoms. The van der Waals surface area contributed by atoms with Gasteiger partial charge in [-0.25, -0.2) is 0 Å². The second-order valence-electron chi connectivity index (χ2n) is 4.92. The number of nitrogens with one attached hydrogen (secondary N) is 2. The normalized spacial score (nSPS) is 17.2. The Bertz CT molecular complexity index is 347. The number of aromatic nitrogens is 3. The molecule has 5 nitrogen and oxygen atoms in total. The molecular weight excluding hydrogens is 226 g/mol. The predicted octanol–water partition coefficient (Wildman–Crippen LogP) is 2.83. The zero-order valence-electron chi connectivity index (χ0n) is 11.2. The summed E-state index contributed by atoms with van der Waals surface area (Å²) in [6.07, 6.45) is 10.6. The highest BCUT2D eigenvalue weighted by Gasteiger charge is 2.12. The van der Waals surface area contributed by atoms with Gasteiger partial charge in [0.2, 0.25) is 5.95 Å². The smallest absolute Gasteiger partial charge is 0.244 e. The first-order valence-corrected chi connectivity index (χ1v) is 7.08. The molecule has 0 unspecified atom stereocenters. The average Bonchev–Trinajstić information content (AvgIpc) is 2.65. The first-order chi connectivity index (χ1) is 8.88. The van der Waals surface area contributed by atoms with E-state index in [0.717, 1.165) is 18.8 Å². The van der Waals surface area contributed by atoms with Gasteiger partial charge >= 0.3 is 0 Å². The number of hydrogen-bond donors (Lipinski definition) is 2. The zero-order valence-corrected chi connectivity index (χ0v) is 11.2. The maximum absolute atomic E-state index is 4.44. The Morgan fingerprint density at radius 2 is 2.00 bits per heavy atom. The molecule has 1 aliphatic rings. The molecule has 100 valence electrons. The standard InChI is InChI=1S/C13H23N5/c1-2-9-14-13-17-12(10-15-18-13)16-11-7-5-3-4-6-8-11/h10-11H,2-9H2,1H3,(H2,14,16,17,18). The van der Waals surface area contributed by atoms with Gasteiger partial charge in [0.05, 0.1) is 6.20 Å². The molecule has 2 rings (SSSR count). The van der Waals surface area contributed by atoms with Crippen LogP contribution < -0.4 is 10.6 Å². The third-order valence-electron chi connectivity index (χ3n) is 3.30. The second kappa shape index (κ2) is 7.13. The van der Waals surface area contributed by atoms with Gasteiger partial charge in [-0.1, -0.05) is 32.6 Å². The second-order valence-corrected chi connectivity index (χ2v) is 4.92. The Morgan fingerprint density at radius 1 is 1.22 bits per heavy atom. The fraction of sp³-hybridized carbons (Fsp3) is 0.769. The maximum Gasteiger partial charge on any atom is 0.244 e. The molecule has 1 aromatic heterocycles. The SMILES string of the molecule is CCCNc1nncc(NC2CCCCCC2)n1. The highest BCUT2D eigenvalue weighted by Crippen LogP contribution is 2.20. The summed E-state index contributed by atoms with van der Waals surface area (Å²) in [7, 11) is 0. The Balaban J connectivity index is 1.91. The van der Waals surface area contributed by atoms with Gasteiger partial charge in [0, 0.05) is 12.6 Å². The van der Waals surface area contributed by atoms with Crippen molar-refractivity contribution in [2.45, 2.75) is 57.9 Å². The van der Waals surface area contributed by atoms with Gasteiger partial charge in [0.15, 0.2) is 5.82 Å². The Morgan fingerprint density at radius 3 is 2.72 bits per heavy atom. The number of nitrogens with zero attached hydrogens (tertiary/aromatic N) is 3. The molecule has 1 aliphatic carbocycles. The third-order valence-corrected chi connectivity index (χ3v) is 3.30. The van der Waals surface area contributed by atoms with Crippen molar-refractivity contribution in [2.24, 2.45) is 0 Å². The fourth-order valence-electron chi connectivity index (χ4n) is 2.32. The van der Waals surface area contributed by atoms with Crippen LogP contribution in [0.25, 0.3) is 0 Å². The zero-order chi connectivity index (χ0) is 12.6. The minimum absolute atomic E-state index is 0.545. The molecule has 2 N–H and O–H groups in total. The van der Waals surface area contributed by atoms with Gasteiger partial charge in [-0.3, -0.25) is 0 Å². The summed E-state index contributed by atoms with van der Waals surface area (Å²) in [5.74, 6) is 1.46. The van der Waals surface area contributed by atoms with E-state index in [1.807, 2.05) is 0 Å². The van der Waals surface area contributed by atoms with E-state index in [9.17, 15) is 0 Å². The minimum Gasteiger partial charge on any atom is -0.366 e. The summed E-state index contributed by atoms with van der Waals surface area (Å²) in [4.78, 5) is 4.44. The molecule has 0 spiro atoms. The van der Waals surface area contributed by atoms with Crippen LogP contribution in [-0.4, -0.2) is 27.8 Å². The van der Waals surface area contributed by atoms with Gasteiger partial charge < -0.3 is 10.6 Å². The molecule has 0 atom stereocenters. The lowest BCUT2D eigenvalue weighted by Gasteiger charge is -2.16. The van der Waals surface area contributed by atoms with Crippen molar-refractivity contribution in [3.8, 4) is 0 Å². The molecule has 1 heterocycles. The molecule has 0 radical (unpaired) electrons. The van der Waals surface area contributed by atoms with Crippen LogP contribution in [0.15, 0.2) is 6.20 Å². The van der Waals surface area contributed by atoms with Crippen LogP contribution in [0.1, 0.15) is 51.9 Å². The van der Waals surface area contributed by atoms with Crippen molar-refractivity contribution < 1.29 is 0 Å². The van der Waals surface area contributed by atoms with E-state index in [4.69, 9.17) is 0 Å². The molecular formula is C13H23N5. The van der Waals surface area contributed by atoms with E-state index in [2.05, 4.69) is 32.7 Å². The van der Waals surface area contributed by atoms with E-state index in [1.165, 1.54) is 38.5 Å². The molecule has 1 aromatic rings. The average molecular weight is 249 g/mol. The highest BCUT2D eigenvalue weighted by atomic mass is 15.3. The summed E-state index contributed by atoms with van der Waals surface area (Å²) < 4.78 is 0.